The summed E-state index contributed by atoms with van der Waals surface area (Å²) in [6.07, 6.45) is 2.32. The molecule has 1 aliphatic heterocycles. The van der Waals surface area contributed by atoms with Gasteiger partial charge < -0.3 is 9.64 Å². The predicted octanol–water partition coefficient (Wildman–Crippen LogP) is 2.84. The van der Waals surface area contributed by atoms with E-state index in [9.17, 15) is 0 Å². The Morgan fingerprint density at radius 3 is 2.50 bits per heavy atom. The third-order valence-electron chi connectivity index (χ3n) is 3.61. The quantitative estimate of drug-likeness (QED) is 0.860. The number of piperidine rings is 1. The van der Waals surface area contributed by atoms with Gasteiger partial charge in [-0.15, -0.1) is 5.10 Å². The van der Waals surface area contributed by atoms with Crippen LogP contribution in [-0.2, 0) is 0 Å². The van der Waals surface area contributed by atoms with Gasteiger partial charge in [-0.1, -0.05) is 0 Å². The zero-order valence-corrected chi connectivity index (χ0v) is 12.8. The van der Waals surface area contributed by atoms with Gasteiger partial charge >= 0.3 is 0 Å². The van der Waals surface area contributed by atoms with Crippen LogP contribution in [0.2, 0.25) is 0 Å². The van der Waals surface area contributed by atoms with E-state index in [1.165, 1.54) is 0 Å². The number of hydrogen-bond acceptors (Lipinski definition) is 4. The number of nitrogens with zero attached hydrogens (tertiary/aromatic N) is 3. The van der Waals surface area contributed by atoms with Crippen molar-refractivity contribution in [3.63, 3.8) is 0 Å². The fourth-order valence-electron chi connectivity index (χ4n) is 2.42. The van der Waals surface area contributed by atoms with E-state index >= 15 is 0 Å². The first-order chi connectivity index (χ1) is 8.61. The van der Waals surface area contributed by atoms with Crippen LogP contribution < -0.4 is 4.74 Å². The molecule has 0 spiro atoms. The minimum Gasteiger partial charge on any atom is -0.479 e. The molecule has 0 bridgehead atoms. The molecule has 0 aromatic carbocycles. The number of hydrogen-bond donors (Lipinski definition) is 0. The molecule has 1 fully saturated rings. The maximum absolute atomic E-state index is 5.11. The molecule has 100 valence electrons. The molecule has 4 nitrogen and oxygen atoms in total. The van der Waals surface area contributed by atoms with Crippen LogP contribution in [0.4, 0.5) is 0 Å². The lowest BCUT2D eigenvalue weighted by atomic mass is 9.93. The molecular formula is C13H20BrN3O. The number of rotatable bonds is 3. The van der Waals surface area contributed by atoms with Crippen LogP contribution in [0.15, 0.2) is 10.5 Å². The van der Waals surface area contributed by atoms with Gasteiger partial charge in [-0.05, 0) is 61.8 Å². The van der Waals surface area contributed by atoms with Crippen molar-refractivity contribution in [3.05, 3.63) is 16.2 Å². The molecule has 0 amide bonds. The van der Waals surface area contributed by atoms with Crippen molar-refractivity contribution in [1.82, 2.24) is 15.1 Å². The molecule has 1 aromatic heterocycles. The molecule has 0 unspecified atom stereocenters. The third-order valence-corrected chi connectivity index (χ3v) is 4.17. The number of ether oxygens (including phenoxy) is 1. The van der Waals surface area contributed by atoms with Crippen molar-refractivity contribution in [2.45, 2.75) is 38.6 Å². The second-order valence-electron chi connectivity index (χ2n) is 5.03. The highest BCUT2D eigenvalue weighted by molar-refractivity contribution is 9.10. The highest BCUT2D eigenvalue weighted by Gasteiger charge is 2.23. The molecule has 1 aromatic rings. The SMILES string of the molecule is COc1nnc(C2CCN(C(C)C)CC2)cc1Br. The molecule has 0 aliphatic carbocycles. The summed E-state index contributed by atoms with van der Waals surface area (Å²) in [6.45, 7) is 6.80. The summed E-state index contributed by atoms with van der Waals surface area (Å²) < 4.78 is 6.00. The normalized spacial score (nSPS) is 18.3. The summed E-state index contributed by atoms with van der Waals surface area (Å²) in [4.78, 5) is 2.52. The number of aromatic nitrogens is 2. The number of halogens is 1. The van der Waals surface area contributed by atoms with Crippen molar-refractivity contribution in [1.29, 1.82) is 0 Å². The van der Waals surface area contributed by atoms with Gasteiger partial charge in [0.15, 0.2) is 0 Å². The number of methoxy groups -OCH3 is 1. The van der Waals surface area contributed by atoms with E-state index in [1.807, 2.05) is 6.07 Å². The second-order valence-corrected chi connectivity index (χ2v) is 5.88. The molecule has 2 heterocycles. The first-order valence-corrected chi connectivity index (χ1v) is 7.22. The molecule has 0 atom stereocenters. The Hall–Kier alpha value is -0.680. The van der Waals surface area contributed by atoms with Crippen LogP contribution in [0.3, 0.4) is 0 Å². The summed E-state index contributed by atoms with van der Waals surface area (Å²) in [5.41, 5.74) is 1.08. The summed E-state index contributed by atoms with van der Waals surface area (Å²) >= 11 is 3.47. The Morgan fingerprint density at radius 2 is 2.00 bits per heavy atom. The smallest absolute Gasteiger partial charge is 0.247 e. The Morgan fingerprint density at radius 1 is 1.33 bits per heavy atom. The van der Waals surface area contributed by atoms with Crippen LogP contribution in [0, 0.1) is 0 Å². The van der Waals surface area contributed by atoms with Gasteiger partial charge in [0.1, 0.15) is 0 Å². The molecule has 0 saturated carbocycles. The molecular weight excluding hydrogens is 294 g/mol. The van der Waals surface area contributed by atoms with Gasteiger partial charge in [-0.3, -0.25) is 0 Å². The topological polar surface area (TPSA) is 38.3 Å². The minimum atomic E-state index is 0.523. The first-order valence-electron chi connectivity index (χ1n) is 6.43. The molecule has 0 radical (unpaired) electrons. The lowest BCUT2D eigenvalue weighted by molar-refractivity contribution is 0.170. The lowest BCUT2D eigenvalue weighted by Gasteiger charge is -2.34. The molecule has 1 aliphatic rings. The van der Waals surface area contributed by atoms with Gasteiger partial charge in [-0.25, -0.2) is 0 Å². The van der Waals surface area contributed by atoms with Crippen LogP contribution >= 0.6 is 15.9 Å². The van der Waals surface area contributed by atoms with Crippen molar-refractivity contribution < 1.29 is 4.74 Å². The molecule has 1 saturated heterocycles. The maximum Gasteiger partial charge on any atom is 0.247 e. The van der Waals surface area contributed by atoms with Crippen molar-refractivity contribution >= 4 is 15.9 Å². The van der Waals surface area contributed by atoms with Crippen molar-refractivity contribution in [2.75, 3.05) is 20.2 Å². The van der Waals surface area contributed by atoms with Crippen molar-refractivity contribution in [3.8, 4) is 5.88 Å². The van der Waals surface area contributed by atoms with E-state index in [0.29, 0.717) is 17.8 Å². The van der Waals surface area contributed by atoms with Crippen LogP contribution in [0.25, 0.3) is 0 Å². The summed E-state index contributed by atoms with van der Waals surface area (Å²) in [5, 5.41) is 8.37. The van der Waals surface area contributed by atoms with E-state index in [1.54, 1.807) is 7.11 Å². The fraction of sp³-hybridized carbons (Fsp3) is 0.692. The maximum atomic E-state index is 5.11. The zero-order chi connectivity index (χ0) is 13.1. The van der Waals surface area contributed by atoms with Crippen LogP contribution in [0.5, 0.6) is 5.88 Å². The largest absolute Gasteiger partial charge is 0.479 e. The first kappa shape index (κ1) is 13.7. The summed E-state index contributed by atoms with van der Waals surface area (Å²) in [6, 6.07) is 2.68. The van der Waals surface area contributed by atoms with Gasteiger partial charge in [0.2, 0.25) is 5.88 Å². The lowest BCUT2D eigenvalue weighted by Crippen LogP contribution is -2.38. The standard InChI is InChI=1S/C13H20BrN3O/c1-9(2)17-6-4-10(5-7-17)12-8-11(14)13(18-3)16-15-12/h8-10H,4-7H2,1-3H3. The molecule has 0 N–H and O–H groups in total. The molecule has 2 rings (SSSR count). The highest BCUT2D eigenvalue weighted by atomic mass is 79.9. The Balaban J connectivity index is 2.03. The third kappa shape index (κ3) is 3.01. The monoisotopic (exact) mass is 313 g/mol. The average Bonchev–Trinajstić information content (AvgIpc) is 2.38. The predicted molar refractivity (Wildman–Crippen MR) is 75.0 cm³/mol. The van der Waals surface area contributed by atoms with E-state index in [-0.39, 0.29) is 0 Å². The summed E-state index contributed by atoms with van der Waals surface area (Å²) in [7, 11) is 1.61. The Bertz CT molecular complexity index is 403. The second kappa shape index (κ2) is 5.97. The average molecular weight is 314 g/mol. The van der Waals surface area contributed by atoms with E-state index in [4.69, 9.17) is 4.74 Å². The van der Waals surface area contributed by atoms with E-state index in [2.05, 4.69) is 44.9 Å². The van der Waals surface area contributed by atoms with Crippen LogP contribution in [0.1, 0.15) is 38.3 Å². The zero-order valence-electron chi connectivity index (χ0n) is 11.2. The van der Waals surface area contributed by atoms with Gasteiger partial charge in [0.25, 0.3) is 0 Å². The molecule has 18 heavy (non-hydrogen) atoms. The van der Waals surface area contributed by atoms with E-state index < -0.39 is 0 Å². The van der Waals surface area contributed by atoms with Gasteiger partial charge in [0.05, 0.1) is 17.3 Å². The van der Waals surface area contributed by atoms with Gasteiger partial charge in [-0.2, -0.15) is 5.10 Å². The van der Waals surface area contributed by atoms with Gasteiger partial charge in [0, 0.05) is 12.0 Å². The van der Waals surface area contributed by atoms with Crippen molar-refractivity contribution in [2.24, 2.45) is 0 Å². The number of likely N-dealkylation sites (tertiary alicyclic amines) is 1. The minimum absolute atomic E-state index is 0.523. The van der Waals surface area contributed by atoms with E-state index in [0.717, 1.165) is 36.1 Å². The fourth-order valence-corrected chi connectivity index (χ4v) is 2.90. The Kier molecular flexibility index (Phi) is 4.56. The highest BCUT2D eigenvalue weighted by Crippen LogP contribution is 2.30. The van der Waals surface area contributed by atoms with Crippen LogP contribution in [-0.4, -0.2) is 41.3 Å². The molecule has 5 heteroatoms. The Labute approximate surface area is 117 Å². The summed E-state index contributed by atoms with van der Waals surface area (Å²) in [5.74, 6) is 1.08.